The van der Waals surface area contributed by atoms with Crippen LogP contribution >= 0.6 is 0 Å². The number of rotatable bonds is 1. The van der Waals surface area contributed by atoms with E-state index in [0.29, 0.717) is 5.82 Å². The van der Waals surface area contributed by atoms with Crippen LogP contribution in [0.5, 0.6) is 0 Å². The van der Waals surface area contributed by atoms with Crippen LogP contribution in [0.4, 0.5) is 11.5 Å². The second-order valence-corrected chi connectivity index (χ2v) is 3.97. The van der Waals surface area contributed by atoms with Gasteiger partial charge in [0.25, 0.3) is 0 Å². The molecule has 1 aromatic carbocycles. The SMILES string of the molecule is Nc1ccc(-c2cc3nc(N)ccc3[nH]2)cc1. The van der Waals surface area contributed by atoms with Crippen molar-refractivity contribution in [2.24, 2.45) is 0 Å². The molecule has 5 N–H and O–H groups in total. The van der Waals surface area contributed by atoms with E-state index in [2.05, 4.69) is 9.97 Å². The number of anilines is 2. The van der Waals surface area contributed by atoms with Gasteiger partial charge in [0.05, 0.1) is 11.0 Å². The van der Waals surface area contributed by atoms with Crippen molar-refractivity contribution in [3.8, 4) is 11.3 Å². The van der Waals surface area contributed by atoms with Gasteiger partial charge in [0.1, 0.15) is 5.82 Å². The zero-order valence-corrected chi connectivity index (χ0v) is 9.14. The lowest BCUT2D eigenvalue weighted by atomic mass is 10.1. The molecule has 0 saturated carbocycles. The first kappa shape index (κ1) is 9.72. The first-order valence-electron chi connectivity index (χ1n) is 5.33. The maximum Gasteiger partial charge on any atom is 0.124 e. The third-order valence-corrected chi connectivity index (χ3v) is 2.72. The summed E-state index contributed by atoms with van der Waals surface area (Å²) < 4.78 is 0. The molecule has 0 atom stereocenters. The molecule has 84 valence electrons. The largest absolute Gasteiger partial charge is 0.399 e. The second kappa shape index (κ2) is 3.52. The summed E-state index contributed by atoms with van der Waals surface area (Å²) >= 11 is 0. The highest BCUT2D eigenvalue weighted by atomic mass is 14.9. The van der Waals surface area contributed by atoms with Gasteiger partial charge in [-0.25, -0.2) is 4.98 Å². The molecule has 2 aromatic heterocycles. The molecule has 4 heteroatoms. The van der Waals surface area contributed by atoms with E-state index in [4.69, 9.17) is 11.5 Å². The highest BCUT2D eigenvalue weighted by Crippen LogP contribution is 2.24. The van der Waals surface area contributed by atoms with E-state index in [-0.39, 0.29) is 0 Å². The number of nitrogens with one attached hydrogen (secondary N) is 1. The summed E-state index contributed by atoms with van der Waals surface area (Å²) in [6, 6.07) is 13.4. The van der Waals surface area contributed by atoms with Crippen molar-refractivity contribution in [1.29, 1.82) is 0 Å². The Bertz CT molecular complexity index is 667. The molecule has 0 aliphatic rings. The smallest absolute Gasteiger partial charge is 0.124 e. The quantitative estimate of drug-likeness (QED) is 0.555. The van der Waals surface area contributed by atoms with Gasteiger partial charge in [-0.05, 0) is 35.9 Å². The van der Waals surface area contributed by atoms with E-state index in [1.54, 1.807) is 6.07 Å². The summed E-state index contributed by atoms with van der Waals surface area (Å²) in [6.45, 7) is 0. The third kappa shape index (κ3) is 1.69. The van der Waals surface area contributed by atoms with Crippen molar-refractivity contribution in [2.75, 3.05) is 11.5 Å². The molecule has 0 aliphatic heterocycles. The number of hydrogen-bond acceptors (Lipinski definition) is 3. The molecule has 0 spiro atoms. The molecule has 0 fully saturated rings. The zero-order valence-electron chi connectivity index (χ0n) is 9.14. The fourth-order valence-electron chi connectivity index (χ4n) is 1.84. The minimum absolute atomic E-state index is 0.528. The number of nitrogen functional groups attached to an aromatic ring is 2. The van der Waals surface area contributed by atoms with E-state index in [1.165, 1.54) is 0 Å². The number of nitrogens with zero attached hydrogens (tertiary/aromatic N) is 1. The lowest BCUT2D eigenvalue weighted by Crippen LogP contribution is -1.87. The van der Waals surface area contributed by atoms with E-state index >= 15 is 0 Å². The predicted molar refractivity (Wildman–Crippen MR) is 70.4 cm³/mol. The summed E-state index contributed by atoms with van der Waals surface area (Å²) in [6.07, 6.45) is 0. The van der Waals surface area contributed by atoms with E-state index in [1.807, 2.05) is 36.4 Å². The Balaban J connectivity index is 2.14. The van der Waals surface area contributed by atoms with Crippen molar-refractivity contribution < 1.29 is 0 Å². The first-order valence-corrected chi connectivity index (χ1v) is 5.33. The average Bonchev–Trinajstić information content (AvgIpc) is 2.72. The number of nitrogens with two attached hydrogens (primary N) is 2. The maximum absolute atomic E-state index is 5.66. The number of pyridine rings is 1. The van der Waals surface area contributed by atoms with Crippen molar-refractivity contribution in [2.45, 2.75) is 0 Å². The van der Waals surface area contributed by atoms with Gasteiger partial charge >= 0.3 is 0 Å². The molecular formula is C13H12N4. The molecule has 17 heavy (non-hydrogen) atoms. The van der Waals surface area contributed by atoms with Gasteiger partial charge in [-0.15, -0.1) is 0 Å². The van der Waals surface area contributed by atoms with Crippen LogP contribution in [0.15, 0.2) is 42.5 Å². The van der Waals surface area contributed by atoms with Crippen LogP contribution < -0.4 is 11.5 Å². The molecule has 3 rings (SSSR count). The van der Waals surface area contributed by atoms with Crippen LogP contribution in [0.25, 0.3) is 22.3 Å². The Hall–Kier alpha value is -2.49. The fourth-order valence-corrected chi connectivity index (χ4v) is 1.84. The normalized spacial score (nSPS) is 10.8. The zero-order chi connectivity index (χ0) is 11.8. The van der Waals surface area contributed by atoms with Gasteiger partial charge in [-0.3, -0.25) is 0 Å². The molecule has 0 radical (unpaired) electrons. The number of hydrogen-bond donors (Lipinski definition) is 3. The van der Waals surface area contributed by atoms with Crippen LogP contribution in [0.3, 0.4) is 0 Å². The van der Waals surface area contributed by atoms with Gasteiger partial charge in [0.2, 0.25) is 0 Å². The minimum Gasteiger partial charge on any atom is -0.399 e. The van der Waals surface area contributed by atoms with E-state index in [9.17, 15) is 0 Å². The van der Waals surface area contributed by atoms with Crippen molar-refractivity contribution in [3.63, 3.8) is 0 Å². The van der Waals surface area contributed by atoms with Gasteiger partial charge in [-0.2, -0.15) is 0 Å². The van der Waals surface area contributed by atoms with Crippen LogP contribution in [0.1, 0.15) is 0 Å². The number of aromatic nitrogens is 2. The standard InChI is InChI=1S/C13H12N4/c14-9-3-1-8(2-4-9)11-7-12-10(16-11)5-6-13(15)17-12/h1-7,16H,14H2,(H2,15,17). The van der Waals surface area contributed by atoms with Crippen LogP contribution in [-0.4, -0.2) is 9.97 Å². The van der Waals surface area contributed by atoms with Crippen molar-refractivity contribution >= 4 is 22.5 Å². The lowest BCUT2D eigenvalue weighted by Gasteiger charge is -1.97. The molecule has 2 heterocycles. The predicted octanol–water partition coefficient (Wildman–Crippen LogP) is 2.39. The maximum atomic E-state index is 5.66. The topological polar surface area (TPSA) is 80.7 Å². The van der Waals surface area contributed by atoms with Gasteiger partial charge in [0.15, 0.2) is 0 Å². The van der Waals surface area contributed by atoms with Crippen LogP contribution in [0.2, 0.25) is 0 Å². The summed E-state index contributed by atoms with van der Waals surface area (Å²) in [5.74, 6) is 0.528. The average molecular weight is 224 g/mol. The monoisotopic (exact) mass is 224 g/mol. The third-order valence-electron chi connectivity index (χ3n) is 2.72. The van der Waals surface area contributed by atoms with E-state index in [0.717, 1.165) is 28.0 Å². The summed E-state index contributed by atoms with van der Waals surface area (Å²) in [5, 5.41) is 0. The Kier molecular flexibility index (Phi) is 2.01. The molecule has 0 amide bonds. The fraction of sp³-hybridized carbons (Fsp3) is 0. The molecule has 3 aromatic rings. The van der Waals surface area contributed by atoms with Crippen molar-refractivity contribution in [3.05, 3.63) is 42.5 Å². The first-order chi connectivity index (χ1) is 8.22. The molecular weight excluding hydrogens is 212 g/mol. The Morgan fingerprint density at radius 2 is 1.71 bits per heavy atom. The number of aromatic amines is 1. The van der Waals surface area contributed by atoms with Crippen LogP contribution in [-0.2, 0) is 0 Å². The van der Waals surface area contributed by atoms with Crippen molar-refractivity contribution in [1.82, 2.24) is 9.97 Å². The lowest BCUT2D eigenvalue weighted by molar-refractivity contribution is 1.41. The molecule has 0 unspecified atom stereocenters. The molecule has 0 aliphatic carbocycles. The Labute approximate surface area is 98.3 Å². The summed E-state index contributed by atoms with van der Waals surface area (Å²) in [7, 11) is 0. The number of H-pyrrole nitrogens is 1. The minimum atomic E-state index is 0.528. The highest BCUT2D eigenvalue weighted by molar-refractivity contribution is 5.83. The van der Waals surface area contributed by atoms with E-state index < -0.39 is 0 Å². The molecule has 0 bridgehead atoms. The Morgan fingerprint density at radius 3 is 2.47 bits per heavy atom. The highest BCUT2D eigenvalue weighted by Gasteiger charge is 2.04. The van der Waals surface area contributed by atoms with Gasteiger partial charge in [-0.1, -0.05) is 12.1 Å². The van der Waals surface area contributed by atoms with Crippen LogP contribution in [0, 0.1) is 0 Å². The summed E-state index contributed by atoms with van der Waals surface area (Å²) in [5.41, 5.74) is 16.0. The van der Waals surface area contributed by atoms with Gasteiger partial charge in [0, 0.05) is 11.4 Å². The van der Waals surface area contributed by atoms with Gasteiger partial charge < -0.3 is 16.5 Å². The molecule has 4 nitrogen and oxygen atoms in total. The Morgan fingerprint density at radius 1 is 0.941 bits per heavy atom. The molecule has 0 saturated heterocycles. The number of benzene rings is 1. The second-order valence-electron chi connectivity index (χ2n) is 3.97. The summed E-state index contributed by atoms with van der Waals surface area (Å²) in [4.78, 5) is 7.56. The number of fused-ring (bicyclic) bond motifs is 1.